The maximum atomic E-state index is 11.8. The van der Waals surface area contributed by atoms with Gasteiger partial charge in [0.15, 0.2) is 0 Å². The van der Waals surface area contributed by atoms with E-state index in [0.29, 0.717) is 11.4 Å². The van der Waals surface area contributed by atoms with E-state index >= 15 is 0 Å². The topological polar surface area (TPSA) is 107 Å². The predicted molar refractivity (Wildman–Crippen MR) is 77.4 cm³/mol. The van der Waals surface area contributed by atoms with Crippen LogP contribution in [-0.4, -0.2) is 22.5 Å². The lowest BCUT2D eigenvalue weighted by Gasteiger charge is -2.07. The number of benzene rings is 2. The Morgan fingerprint density at radius 2 is 1.67 bits per heavy atom. The van der Waals surface area contributed by atoms with Crippen molar-refractivity contribution in [2.45, 2.75) is 6.92 Å². The molecule has 0 fully saturated rings. The highest BCUT2D eigenvalue weighted by Gasteiger charge is 2.12. The molecule has 4 N–H and O–H groups in total. The van der Waals surface area contributed by atoms with Crippen molar-refractivity contribution in [2.24, 2.45) is 0 Å². The van der Waals surface area contributed by atoms with Gasteiger partial charge < -0.3 is 20.6 Å². The van der Waals surface area contributed by atoms with Crippen LogP contribution in [0.5, 0.6) is 11.5 Å². The summed E-state index contributed by atoms with van der Waals surface area (Å²) in [6, 6.07) is 12.5. The summed E-state index contributed by atoms with van der Waals surface area (Å²) >= 11 is 0. The zero-order valence-electron chi connectivity index (χ0n) is 11.3. The predicted octanol–water partition coefficient (Wildman–Crippen LogP) is 1.75. The lowest BCUT2D eigenvalue weighted by Crippen LogP contribution is -2.09. The number of nitrogens with one attached hydrogen (secondary N) is 1. The van der Waals surface area contributed by atoms with Gasteiger partial charge >= 0.3 is 5.97 Å². The summed E-state index contributed by atoms with van der Waals surface area (Å²) in [4.78, 5) is 22.7. The Bertz CT molecular complexity index is 637. The number of esters is 1. The van der Waals surface area contributed by atoms with Gasteiger partial charge in [-0.15, -0.1) is 0 Å². The number of aromatic hydroxyl groups is 1. The van der Waals surface area contributed by atoms with E-state index in [1.54, 1.807) is 36.4 Å². The Morgan fingerprint density at radius 1 is 1.05 bits per heavy atom. The van der Waals surface area contributed by atoms with Crippen LogP contribution < -0.4 is 10.1 Å². The van der Waals surface area contributed by atoms with Gasteiger partial charge in [-0.25, -0.2) is 4.79 Å². The quantitative estimate of drug-likeness (QED) is 0.662. The molecule has 0 unspecified atom stereocenters. The number of hydrogen-bond acceptors (Lipinski definition) is 4. The van der Waals surface area contributed by atoms with Crippen LogP contribution in [0.15, 0.2) is 48.5 Å². The van der Waals surface area contributed by atoms with E-state index in [1.807, 2.05) is 0 Å². The van der Waals surface area contributed by atoms with Crippen LogP contribution in [-0.2, 0) is 4.79 Å². The van der Waals surface area contributed by atoms with Crippen molar-refractivity contribution in [2.75, 3.05) is 5.32 Å². The van der Waals surface area contributed by atoms with Crippen LogP contribution >= 0.6 is 0 Å². The fourth-order valence-corrected chi connectivity index (χ4v) is 1.62. The van der Waals surface area contributed by atoms with Gasteiger partial charge in [-0.05, 0) is 36.4 Å². The van der Waals surface area contributed by atoms with Gasteiger partial charge in [0.1, 0.15) is 17.1 Å². The summed E-state index contributed by atoms with van der Waals surface area (Å²) in [6.07, 6.45) is 0. The van der Waals surface area contributed by atoms with Crippen molar-refractivity contribution in [3.63, 3.8) is 0 Å². The molecule has 0 radical (unpaired) electrons. The van der Waals surface area contributed by atoms with Crippen molar-refractivity contribution in [1.82, 2.24) is 0 Å². The minimum Gasteiger partial charge on any atom is -0.507 e. The second-order valence-electron chi connectivity index (χ2n) is 4.11. The normalized spacial score (nSPS) is 9.38. The molecule has 6 heteroatoms. The monoisotopic (exact) mass is 289 g/mol. The number of anilines is 1. The van der Waals surface area contributed by atoms with E-state index < -0.39 is 5.97 Å². The summed E-state index contributed by atoms with van der Waals surface area (Å²) in [5, 5.41) is 12.2. The number of amides is 1. The fourth-order valence-electron chi connectivity index (χ4n) is 1.62. The minimum atomic E-state index is -0.643. The molecule has 0 aliphatic rings. The first-order valence-corrected chi connectivity index (χ1v) is 5.94. The second kappa shape index (κ2) is 7.06. The summed E-state index contributed by atoms with van der Waals surface area (Å²) < 4.78 is 5.13. The Hall–Kier alpha value is -2.86. The molecule has 0 spiro atoms. The maximum absolute atomic E-state index is 11.8. The highest BCUT2D eigenvalue weighted by atomic mass is 16.5. The molecule has 6 nitrogen and oxygen atoms in total. The van der Waals surface area contributed by atoms with E-state index in [-0.39, 0.29) is 22.7 Å². The highest BCUT2D eigenvalue weighted by molar-refractivity contribution is 5.94. The third-order valence-electron chi connectivity index (χ3n) is 2.51. The number of phenolic OH excluding ortho intramolecular Hbond substituents is 1. The van der Waals surface area contributed by atoms with E-state index in [4.69, 9.17) is 4.74 Å². The van der Waals surface area contributed by atoms with Gasteiger partial charge in [0.25, 0.3) is 0 Å². The summed E-state index contributed by atoms with van der Waals surface area (Å²) in [7, 11) is 0. The van der Waals surface area contributed by atoms with Crippen molar-refractivity contribution in [3.05, 3.63) is 54.1 Å². The average molecular weight is 289 g/mol. The van der Waals surface area contributed by atoms with E-state index in [9.17, 15) is 14.7 Å². The first kappa shape index (κ1) is 16.2. The van der Waals surface area contributed by atoms with Crippen LogP contribution in [0.1, 0.15) is 17.3 Å². The molecule has 110 valence electrons. The molecule has 0 aliphatic heterocycles. The Balaban J connectivity index is 0.00000220. The molecule has 2 rings (SSSR count). The first-order valence-electron chi connectivity index (χ1n) is 5.94. The van der Waals surface area contributed by atoms with Gasteiger partial charge in [0, 0.05) is 12.6 Å². The summed E-state index contributed by atoms with van der Waals surface area (Å²) in [6.45, 7) is 1.41. The summed E-state index contributed by atoms with van der Waals surface area (Å²) in [5.41, 5.74) is 0.707. The van der Waals surface area contributed by atoms with E-state index in [1.165, 1.54) is 19.1 Å². The molecular weight excluding hydrogens is 274 g/mol. The zero-order chi connectivity index (χ0) is 14.5. The molecule has 0 saturated carbocycles. The molecule has 0 aromatic heterocycles. The molecule has 21 heavy (non-hydrogen) atoms. The fraction of sp³-hybridized carbons (Fsp3) is 0.0667. The minimum absolute atomic E-state index is 0. The van der Waals surface area contributed by atoms with Crippen LogP contribution in [0.3, 0.4) is 0 Å². The maximum Gasteiger partial charge on any atom is 0.347 e. The van der Waals surface area contributed by atoms with Gasteiger partial charge in [-0.1, -0.05) is 12.1 Å². The number of phenols is 1. The first-order chi connectivity index (χ1) is 9.56. The third kappa shape index (κ3) is 4.32. The number of hydrogen-bond donors (Lipinski definition) is 2. The van der Waals surface area contributed by atoms with Gasteiger partial charge in [0.05, 0.1) is 0 Å². The summed E-state index contributed by atoms with van der Waals surface area (Å²) in [5.74, 6) is -0.626. The van der Waals surface area contributed by atoms with Crippen LogP contribution in [0.4, 0.5) is 5.69 Å². The van der Waals surface area contributed by atoms with Crippen molar-refractivity contribution >= 4 is 17.6 Å². The lowest BCUT2D eigenvalue weighted by atomic mass is 10.2. The number of carbonyl (C=O) groups is 2. The van der Waals surface area contributed by atoms with Crippen LogP contribution in [0.2, 0.25) is 0 Å². The molecule has 0 saturated heterocycles. The number of ether oxygens (including phenoxy) is 1. The molecule has 2 aromatic rings. The van der Waals surface area contributed by atoms with E-state index in [0.717, 1.165) is 0 Å². The lowest BCUT2D eigenvalue weighted by molar-refractivity contribution is -0.114. The number of carbonyl (C=O) groups excluding carboxylic acids is 2. The van der Waals surface area contributed by atoms with Gasteiger partial charge in [-0.3, -0.25) is 4.79 Å². The Morgan fingerprint density at radius 3 is 2.24 bits per heavy atom. The molecule has 0 bridgehead atoms. The van der Waals surface area contributed by atoms with Crippen LogP contribution in [0.25, 0.3) is 0 Å². The molecule has 0 heterocycles. The molecular formula is C15H15NO5. The van der Waals surface area contributed by atoms with Gasteiger partial charge in [0.2, 0.25) is 5.91 Å². The Kier molecular flexibility index (Phi) is 5.45. The number of rotatable bonds is 3. The standard InChI is InChI=1S/C15H13NO4.H2O/c1-10(17)16-11-6-8-12(9-7-11)20-15(19)13-4-2-3-5-14(13)18;/h2-9,18H,1H3,(H,16,17);1H2. The Labute approximate surface area is 121 Å². The van der Waals surface area contributed by atoms with Crippen molar-refractivity contribution in [3.8, 4) is 11.5 Å². The molecule has 0 aliphatic carbocycles. The van der Waals surface area contributed by atoms with Crippen molar-refractivity contribution < 1.29 is 24.9 Å². The van der Waals surface area contributed by atoms with E-state index in [2.05, 4.69) is 5.32 Å². The van der Waals surface area contributed by atoms with Crippen molar-refractivity contribution in [1.29, 1.82) is 0 Å². The SMILES string of the molecule is CC(=O)Nc1ccc(OC(=O)c2ccccc2O)cc1.O. The molecule has 0 atom stereocenters. The molecule has 2 aromatic carbocycles. The van der Waals surface area contributed by atoms with Gasteiger partial charge in [-0.2, -0.15) is 0 Å². The second-order valence-corrected chi connectivity index (χ2v) is 4.11. The highest BCUT2D eigenvalue weighted by Crippen LogP contribution is 2.20. The largest absolute Gasteiger partial charge is 0.507 e. The third-order valence-corrected chi connectivity index (χ3v) is 2.51. The average Bonchev–Trinajstić information content (AvgIpc) is 2.41. The van der Waals surface area contributed by atoms with Crippen LogP contribution in [0, 0.1) is 0 Å². The molecule has 1 amide bonds. The zero-order valence-corrected chi connectivity index (χ0v) is 11.3. The number of para-hydroxylation sites is 1. The smallest absolute Gasteiger partial charge is 0.347 e.